The molecule has 0 unspecified atom stereocenters. The van der Waals surface area contributed by atoms with Crippen LogP contribution < -0.4 is 4.74 Å². The summed E-state index contributed by atoms with van der Waals surface area (Å²) in [4.78, 5) is 9.93. The standard InChI is InChI=1S/C10H8O3/c1-13-10-5-4-8(3-2-6-11)7-9(10)12/h4-7,12H,1H3. The van der Waals surface area contributed by atoms with E-state index in [2.05, 4.69) is 11.8 Å². The summed E-state index contributed by atoms with van der Waals surface area (Å²) < 4.78 is 4.84. The fourth-order valence-electron chi connectivity index (χ4n) is 0.881. The van der Waals surface area contributed by atoms with Crippen LogP contribution in [0.3, 0.4) is 0 Å². The highest BCUT2D eigenvalue weighted by molar-refractivity contribution is 5.74. The summed E-state index contributed by atoms with van der Waals surface area (Å²) in [6.07, 6.45) is 0.501. The molecule has 66 valence electrons. The van der Waals surface area contributed by atoms with Crippen LogP contribution in [0.25, 0.3) is 0 Å². The number of phenols is 1. The molecule has 1 N–H and O–H groups in total. The second-order valence-electron chi connectivity index (χ2n) is 2.27. The lowest BCUT2D eigenvalue weighted by Crippen LogP contribution is -1.84. The van der Waals surface area contributed by atoms with Gasteiger partial charge in [0.15, 0.2) is 17.8 Å². The number of ether oxygens (including phenoxy) is 1. The van der Waals surface area contributed by atoms with Crippen molar-refractivity contribution in [1.82, 2.24) is 0 Å². The summed E-state index contributed by atoms with van der Waals surface area (Å²) in [5.41, 5.74) is 0.574. The van der Waals surface area contributed by atoms with Crippen LogP contribution >= 0.6 is 0 Å². The molecule has 0 atom stereocenters. The first-order valence-corrected chi connectivity index (χ1v) is 3.60. The van der Waals surface area contributed by atoms with Crippen molar-refractivity contribution >= 4 is 6.29 Å². The summed E-state index contributed by atoms with van der Waals surface area (Å²) in [6.45, 7) is 0. The third-order valence-corrected chi connectivity index (χ3v) is 1.45. The Morgan fingerprint density at radius 1 is 1.54 bits per heavy atom. The number of benzene rings is 1. The first kappa shape index (κ1) is 9.14. The highest BCUT2D eigenvalue weighted by atomic mass is 16.5. The second-order valence-corrected chi connectivity index (χ2v) is 2.27. The van der Waals surface area contributed by atoms with Crippen molar-refractivity contribution < 1.29 is 14.6 Å². The van der Waals surface area contributed by atoms with Gasteiger partial charge in [-0.2, -0.15) is 0 Å². The van der Waals surface area contributed by atoms with Crippen LogP contribution in [0.15, 0.2) is 18.2 Å². The second kappa shape index (κ2) is 4.17. The zero-order chi connectivity index (χ0) is 9.68. The Hall–Kier alpha value is -1.95. The van der Waals surface area contributed by atoms with E-state index in [0.29, 0.717) is 17.6 Å². The fraction of sp³-hybridized carbons (Fsp3) is 0.100. The van der Waals surface area contributed by atoms with Gasteiger partial charge in [0.2, 0.25) is 0 Å². The molecule has 0 aliphatic carbocycles. The number of carbonyl (C=O) groups is 1. The normalized spacial score (nSPS) is 8.38. The number of aromatic hydroxyl groups is 1. The molecule has 1 aromatic carbocycles. The Morgan fingerprint density at radius 3 is 2.85 bits per heavy atom. The Morgan fingerprint density at radius 2 is 2.31 bits per heavy atom. The lowest BCUT2D eigenvalue weighted by molar-refractivity contribution is -0.103. The maximum atomic E-state index is 9.93. The molecule has 0 heterocycles. The Labute approximate surface area is 76.0 Å². The van der Waals surface area contributed by atoms with E-state index in [-0.39, 0.29) is 5.75 Å². The molecule has 0 spiro atoms. The molecule has 0 aliphatic heterocycles. The van der Waals surface area contributed by atoms with E-state index < -0.39 is 0 Å². The van der Waals surface area contributed by atoms with Gasteiger partial charge in [0.1, 0.15) is 0 Å². The maximum absolute atomic E-state index is 9.93. The summed E-state index contributed by atoms with van der Waals surface area (Å²) in [6, 6.07) is 4.69. The smallest absolute Gasteiger partial charge is 0.193 e. The first-order valence-electron chi connectivity index (χ1n) is 3.60. The Bertz CT molecular complexity index is 371. The predicted octanol–water partition coefficient (Wildman–Crippen LogP) is 0.951. The van der Waals surface area contributed by atoms with Crippen LogP contribution in [0.4, 0.5) is 0 Å². The number of aldehydes is 1. The number of carbonyl (C=O) groups excluding carboxylic acids is 1. The van der Waals surface area contributed by atoms with E-state index in [9.17, 15) is 9.90 Å². The number of phenolic OH excluding ortho intramolecular Hbond substituents is 1. The lowest BCUT2D eigenvalue weighted by atomic mass is 10.2. The maximum Gasteiger partial charge on any atom is 0.193 e. The van der Waals surface area contributed by atoms with Crippen molar-refractivity contribution in [2.45, 2.75) is 0 Å². The van der Waals surface area contributed by atoms with E-state index in [1.165, 1.54) is 13.2 Å². The van der Waals surface area contributed by atoms with Crippen LogP contribution in [0.1, 0.15) is 5.56 Å². The molecular formula is C10H8O3. The van der Waals surface area contributed by atoms with Crippen molar-refractivity contribution in [3.63, 3.8) is 0 Å². The van der Waals surface area contributed by atoms with Crippen LogP contribution in [0.5, 0.6) is 11.5 Å². The highest BCUT2D eigenvalue weighted by Crippen LogP contribution is 2.25. The van der Waals surface area contributed by atoms with Crippen LogP contribution in [-0.4, -0.2) is 18.5 Å². The van der Waals surface area contributed by atoms with E-state index in [4.69, 9.17) is 4.74 Å². The van der Waals surface area contributed by atoms with Gasteiger partial charge in [-0.1, -0.05) is 5.92 Å². The van der Waals surface area contributed by atoms with Gasteiger partial charge in [0, 0.05) is 5.56 Å². The van der Waals surface area contributed by atoms with Crippen LogP contribution in [0.2, 0.25) is 0 Å². The minimum Gasteiger partial charge on any atom is -0.504 e. The zero-order valence-corrected chi connectivity index (χ0v) is 7.07. The highest BCUT2D eigenvalue weighted by Gasteiger charge is 1.99. The van der Waals surface area contributed by atoms with Crippen molar-refractivity contribution in [2.75, 3.05) is 7.11 Å². The van der Waals surface area contributed by atoms with Crippen molar-refractivity contribution in [1.29, 1.82) is 0 Å². The minimum absolute atomic E-state index is 0.0141. The predicted molar refractivity (Wildman–Crippen MR) is 47.6 cm³/mol. The minimum atomic E-state index is 0.0141. The quantitative estimate of drug-likeness (QED) is 0.512. The Balaban J connectivity index is 3.02. The third kappa shape index (κ3) is 2.24. The Kier molecular flexibility index (Phi) is 2.93. The molecule has 0 saturated heterocycles. The van der Waals surface area contributed by atoms with E-state index >= 15 is 0 Å². The van der Waals surface area contributed by atoms with Crippen molar-refractivity contribution in [3.8, 4) is 23.3 Å². The molecule has 3 heteroatoms. The van der Waals surface area contributed by atoms with E-state index in [0.717, 1.165) is 0 Å². The molecular weight excluding hydrogens is 168 g/mol. The monoisotopic (exact) mass is 176 g/mol. The van der Waals surface area contributed by atoms with Gasteiger partial charge in [0.25, 0.3) is 0 Å². The summed E-state index contributed by atoms with van der Waals surface area (Å²) in [5, 5.41) is 9.31. The third-order valence-electron chi connectivity index (χ3n) is 1.45. The van der Waals surface area contributed by atoms with Gasteiger partial charge in [-0.15, -0.1) is 0 Å². The summed E-state index contributed by atoms with van der Waals surface area (Å²) in [7, 11) is 1.46. The van der Waals surface area contributed by atoms with Gasteiger partial charge < -0.3 is 9.84 Å². The lowest BCUT2D eigenvalue weighted by Gasteiger charge is -2.01. The average Bonchev–Trinajstić information content (AvgIpc) is 2.15. The number of rotatable bonds is 1. The SMILES string of the molecule is COc1ccc(C#CC=O)cc1O. The zero-order valence-electron chi connectivity index (χ0n) is 7.07. The molecule has 3 nitrogen and oxygen atoms in total. The molecule has 0 saturated carbocycles. The van der Waals surface area contributed by atoms with Crippen LogP contribution in [-0.2, 0) is 4.79 Å². The molecule has 1 rings (SSSR count). The summed E-state index contributed by atoms with van der Waals surface area (Å²) >= 11 is 0. The molecule has 1 aromatic rings. The molecule has 0 fully saturated rings. The van der Waals surface area contributed by atoms with E-state index in [1.54, 1.807) is 12.1 Å². The first-order chi connectivity index (χ1) is 6.27. The van der Waals surface area contributed by atoms with Gasteiger partial charge in [-0.25, -0.2) is 0 Å². The summed E-state index contributed by atoms with van der Waals surface area (Å²) in [5.74, 6) is 5.20. The molecule has 0 bridgehead atoms. The number of methoxy groups -OCH3 is 1. The largest absolute Gasteiger partial charge is 0.504 e. The molecule has 0 amide bonds. The van der Waals surface area contributed by atoms with Gasteiger partial charge in [-0.3, -0.25) is 4.79 Å². The molecule has 13 heavy (non-hydrogen) atoms. The van der Waals surface area contributed by atoms with Crippen molar-refractivity contribution in [2.24, 2.45) is 0 Å². The van der Waals surface area contributed by atoms with Crippen LogP contribution in [0, 0.1) is 11.8 Å². The average molecular weight is 176 g/mol. The van der Waals surface area contributed by atoms with Gasteiger partial charge >= 0.3 is 0 Å². The number of hydrogen-bond acceptors (Lipinski definition) is 3. The molecule has 0 aromatic heterocycles. The number of hydrogen-bond donors (Lipinski definition) is 1. The van der Waals surface area contributed by atoms with Crippen molar-refractivity contribution in [3.05, 3.63) is 23.8 Å². The van der Waals surface area contributed by atoms with Gasteiger partial charge in [-0.05, 0) is 24.1 Å². The van der Waals surface area contributed by atoms with E-state index in [1.807, 2.05) is 0 Å². The fourth-order valence-corrected chi connectivity index (χ4v) is 0.881. The topological polar surface area (TPSA) is 46.5 Å². The molecule has 0 radical (unpaired) electrons. The molecule has 0 aliphatic rings. The van der Waals surface area contributed by atoms with Gasteiger partial charge in [0.05, 0.1) is 7.11 Å².